The summed E-state index contributed by atoms with van der Waals surface area (Å²) in [5.74, 6) is -0.590. The van der Waals surface area contributed by atoms with Gasteiger partial charge in [0.25, 0.3) is 0 Å². The van der Waals surface area contributed by atoms with Gasteiger partial charge in [-0.25, -0.2) is 8.78 Å². The van der Waals surface area contributed by atoms with E-state index in [0.717, 1.165) is 45.5 Å². The molecule has 1 aliphatic rings. The van der Waals surface area contributed by atoms with Gasteiger partial charge in [0.2, 0.25) is 0 Å². The normalized spacial score (nSPS) is 15.9. The molecular formula is C17H26F2N4O2. The van der Waals surface area contributed by atoms with Crippen LogP contribution in [-0.4, -0.2) is 69.9 Å². The Labute approximate surface area is 147 Å². The van der Waals surface area contributed by atoms with Crippen LogP contribution >= 0.6 is 0 Å². The van der Waals surface area contributed by atoms with E-state index in [1.54, 1.807) is 0 Å². The molecule has 1 saturated heterocycles. The van der Waals surface area contributed by atoms with Gasteiger partial charge in [0.05, 0.1) is 26.3 Å². The van der Waals surface area contributed by atoms with E-state index < -0.39 is 11.6 Å². The molecule has 6 nitrogen and oxygen atoms in total. The zero-order valence-corrected chi connectivity index (χ0v) is 14.6. The van der Waals surface area contributed by atoms with Crippen LogP contribution in [0, 0.1) is 11.6 Å². The SMILES string of the molecule is CCNC(=NCCN1CCOCC1)NCCOc1ccc(F)cc1F. The number of halogens is 2. The van der Waals surface area contributed by atoms with Gasteiger partial charge in [0.1, 0.15) is 12.4 Å². The van der Waals surface area contributed by atoms with E-state index in [9.17, 15) is 8.78 Å². The molecule has 2 rings (SSSR count). The Kier molecular flexibility index (Phi) is 8.41. The Bertz CT molecular complexity index is 551. The minimum Gasteiger partial charge on any atom is -0.489 e. The fourth-order valence-corrected chi connectivity index (χ4v) is 2.39. The lowest BCUT2D eigenvalue weighted by molar-refractivity contribution is 0.0394. The van der Waals surface area contributed by atoms with Crippen molar-refractivity contribution < 1.29 is 18.3 Å². The lowest BCUT2D eigenvalue weighted by Gasteiger charge is -2.25. The molecule has 1 aromatic rings. The smallest absolute Gasteiger partial charge is 0.191 e. The summed E-state index contributed by atoms with van der Waals surface area (Å²) in [6.45, 7) is 8.45. The third-order valence-corrected chi connectivity index (χ3v) is 3.68. The summed E-state index contributed by atoms with van der Waals surface area (Å²) in [5, 5.41) is 6.29. The number of hydrogen-bond donors (Lipinski definition) is 2. The molecule has 1 heterocycles. The van der Waals surface area contributed by atoms with Crippen LogP contribution in [0.3, 0.4) is 0 Å². The third kappa shape index (κ3) is 7.23. The van der Waals surface area contributed by atoms with E-state index in [1.165, 1.54) is 12.1 Å². The van der Waals surface area contributed by atoms with E-state index in [4.69, 9.17) is 9.47 Å². The van der Waals surface area contributed by atoms with Crippen molar-refractivity contribution in [2.45, 2.75) is 6.92 Å². The van der Waals surface area contributed by atoms with Crippen molar-refractivity contribution >= 4 is 5.96 Å². The van der Waals surface area contributed by atoms with Gasteiger partial charge in [-0.15, -0.1) is 0 Å². The summed E-state index contributed by atoms with van der Waals surface area (Å²) in [5.41, 5.74) is 0. The van der Waals surface area contributed by atoms with Crippen molar-refractivity contribution in [2.24, 2.45) is 4.99 Å². The van der Waals surface area contributed by atoms with Crippen LogP contribution in [0.15, 0.2) is 23.2 Å². The highest BCUT2D eigenvalue weighted by Crippen LogP contribution is 2.17. The van der Waals surface area contributed by atoms with E-state index in [0.29, 0.717) is 19.0 Å². The number of nitrogens with one attached hydrogen (secondary N) is 2. The largest absolute Gasteiger partial charge is 0.489 e. The predicted molar refractivity (Wildman–Crippen MR) is 93.1 cm³/mol. The van der Waals surface area contributed by atoms with Crippen LogP contribution in [0.4, 0.5) is 8.78 Å². The Balaban J connectivity index is 1.69. The lowest BCUT2D eigenvalue weighted by atomic mass is 10.3. The minimum absolute atomic E-state index is 0.0393. The highest BCUT2D eigenvalue weighted by atomic mass is 19.1. The third-order valence-electron chi connectivity index (χ3n) is 3.68. The first-order valence-corrected chi connectivity index (χ1v) is 8.59. The molecule has 0 spiro atoms. The van der Waals surface area contributed by atoms with Crippen LogP contribution in [0.2, 0.25) is 0 Å². The summed E-state index contributed by atoms with van der Waals surface area (Å²) in [7, 11) is 0. The summed E-state index contributed by atoms with van der Waals surface area (Å²) in [6.07, 6.45) is 0. The van der Waals surface area contributed by atoms with Crippen molar-refractivity contribution in [1.29, 1.82) is 0 Å². The monoisotopic (exact) mass is 356 g/mol. The van der Waals surface area contributed by atoms with Gasteiger partial charge in [-0.3, -0.25) is 9.89 Å². The summed E-state index contributed by atoms with van der Waals surface area (Å²) in [6, 6.07) is 3.26. The highest BCUT2D eigenvalue weighted by Gasteiger charge is 2.09. The highest BCUT2D eigenvalue weighted by molar-refractivity contribution is 5.79. The van der Waals surface area contributed by atoms with Gasteiger partial charge in [-0.05, 0) is 19.1 Å². The first-order chi connectivity index (χ1) is 12.2. The Morgan fingerprint density at radius 1 is 1.28 bits per heavy atom. The molecule has 0 saturated carbocycles. The van der Waals surface area contributed by atoms with Crippen molar-refractivity contribution in [1.82, 2.24) is 15.5 Å². The van der Waals surface area contributed by atoms with Gasteiger partial charge in [-0.2, -0.15) is 0 Å². The first-order valence-electron chi connectivity index (χ1n) is 8.59. The van der Waals surface area contributed by atoms with E-state index in [-0.39, 0.29) is 12.4 Å². The maximum absolute atomic E-state index is 13.5. The van der Waals surface area contributed by atoms with Crippen LogP contribution in [0.5, 0.6) is 5.75 Å². The number of morpholine rings is 1. The molecule has 2 N–H and O–H groups in total. The predicted octanol–water partition coefficient (Wildman–Crippen LogP) is 1.23. The maximum atomic E-state index is 13.5. The van der Waals surface area contributed by atoms with Gasteiger partial charge in [-0.1, -0.05) is 0 Å². The number of nitrogens with zero attached hydrogens (tertiary/aromatic N) is 2. The molecule has 0 bridgehead atoms. The van der Waals surface area contributed by atoms with Crippen LogP contribution < -0.4 is 15.4 Å². The average Bonchev–Trinajstić information content (AvgIpc) is 2.61. The van der Waals surface area contributed by atoms with Gasteiger partial charge in [0.15, 0.2) is 17.5 Å². The number of ether oxygens (including phenoxy) is 2. The number of benzene rings is 1. The molecule has 0 aliphatic carbocycles. The Morgan fingerprint density at radius 2 is 2.08 bits per heavy atom. The summed E-state index contributed by atoms with van der Waals surface area (Å²) in [4.78, 5) is 6.83. The zero-order valence-electron chi connectivity index (χ0n) is 14.6. The molecule has 25 heavy (non-hydrogen) atoms. The lowest BCUT2D eigenvalue weighted by Crippen LogP contribution is -2.41. The van der Waals surface area contributed by atoms with E-state index in [1.807, 2.05) is 6.92 Å². The average molecular weight is 356 g/mol. The molecular weight excluding hydrogens is 330 g/mol. The number of hydrogen-bond acceptors (Lipinski definition) is 4. The summed E-state index contributed by atoms with van der Waals surface area (Å²) < 4.78 is 36.9. The van der Waals surface area contributed by atoms with Crippen LogP contribution in [-0.2, 0) is 4.74 Å². The second-order valence-corrected chi connectivity index (χ2v) is 5.56. The molecule has 0 atom stereocenters. The second-order valence-electron chi connectivity index (χ2n) is 5.56. The first kappa shape index (κ1) is 19.4. The van der Waals surface area contributed by atoms with Crippen molar-refractivity contribution in [3.05, 3.63) is 29.8 Å². The molecule has 1 aliphatic heterocycles. The van der Waals surface area contributed by atoms with Crippen molar-refractivity contribution in [3.63, 3.8) is 0 Å². The molecule has 140 valence electrons. The minimum atomic E-state index is -0.703. The van der Waals surface area contributed by atoms with Crippen molar-refractivity contribution in [3.8, 4) is 5.75 Å². The Morgan fingerprint density at radius 3 is 2.80 bits per heavy atom. The molecule has 8 heteroatoms. The maximum Gasteiger partial charge on any atom is 0.191 e. The number of aliphatic imine (C=N–C) groups is 1. The van der Waals surface area contributed by atoms with E-state index in [2.05, 4.69) is 20.5 Å². The molecule has 0 aromatic heterocycles. The second kappa shape index (κ2) is 10.8. The van der Waals surface area contributed by atoms with Gasteiger partial charge >= 0.3 is 0 Å². The fourth-order valence-electron chi connectivity index (χ4n) is 2.39. The number of rotatable bonds is 8. The quantitative estimate of drug-likeness (QED) is 0.417. The zero-order chi connectivity index (χ0) is 17.9. The van der Waals surface area contributed by atoms with Gasteiger partial charge < -0.3 is 20.1 Å². The fraction of sp³-hybridized carbons (Fsp3) is 0.588. The Hall–Kier alpha value is -1.93. The van der Waals surface area contributed by atoms with Crippen LogP contribution in [0.1, 0.15) is 6.92 Å². The molecule has 1 aromatic carbocycles. The van der Waals surface area contributed by atoms with Gasteiger partial charge in [0, 0.05) is 32.2 Å². The molecule has 0 unspecified atom stereocenters. The molecule has 0 radical (unpaired) electrons. The van der Waals surface area contributed by atoms with Crippen LogP contribution in [0.25, 0.3) is 0 Å². The topological polar surface area (TPSA) is 58.1 Å². The van der Waals surface area contributed by atoms with Crippen molar-refractivity contribution in [2.75, 3.05) is 59.1 Å². The number of guanidine groups is 1. The summed E-state index contributed by atoms with van der Waals surface area (Å²) >= 11 is 0. The molecule has 0 amide bonds. The molecule has 1 fully saturated rings. The van der Waals surface area contributed by atoms with E-state index >= 15 is 0 Å². The standard InChI is InChI=1S/C17H26F2N4O2/c1-2-20-17(21-5-7-23-8-11-24-12-9-23)22-6-10-25-16-4-3-14(18)13-15(16)19/h3-4,13H,2,5-12H2,1H3,(H2,20,21,22).